The van der Waals surface area contributed by atoms with Gasteiger partial charge in [-0.2, -0.15) is 0 Å². The zero-order valence-corrected chi connectivity index (χ0v) is 11.5. The Bertz CT molecular complexity index is 365. The molecule has 0 amide bonds. The molecule has 0 bridgehead atoms. The van der Waals surface area contributed by atoms with E-state index in [0.717, 1.165) is 12.3 Å². The highest BCUT2D eigenvalue weighted by molar-refractivity contribution is 5.30. The highest BCUT2D eigenvalue weighted by atomic mass is 16.5. The van der Waals surface area contributed by atoms with Crippen molar-refractivity contribution >= 4 is 0 Å². The maximum atomic E-state index is 5.52. The Labute approximate surface area is 110 Å². The van der Waals surface area contributed by atoms with Gasteiger partial charge in [0.2, 0.25) is 0 Å². The average Bonchev–Trinajstić information content (AvgIpc) is 2.42. The Balaban J connectivity index is 2.44. The van der Waals surface area contributed by atoms with Gasteiger partial charge in [-0.25, -0.2) is 0 Å². The van der Waals surface area contributed by atoms with Gasteiger partial charge in [0.25, 0.3) is 0 Å². The lowest BCUT2D eigenvalue weighted by molar-refractivity contribution is 0.0860. The molecule has 3 nitrogen and oxygen atoms in total. The Hall–Kier alpha value is -1.32. The molecule has 0 spiro atoms. The van der Waals surface area contributed by atoms with E-state index in [-0.39, 0.29) is 12.1 Å². The van der Waals surface area contributed by atoms with Crippen molar-refractivity contribution in [1.29, 1.82) is 0 Å². The third-order valence-electron chi connectivity index (χ3n) is 2.80. The minimum Gasteiger partial charge on any atom is -0.497 e. The van der Waals surface area contributed by atoms with Crippen molar-refractivity contribution in [2.24, 2.45) is 0 Å². The lowest BCUT2D eigenvalue weighted by atomic mass is 10.1. The lowest BCUT2D eigenvalue weighted by Crippen LogP contribution is -2.29. The molecule has 0 fully saturated rings. The third kappa shape index (κ3) is 4.90. The minimum atomic E-state index is 0.177. The number of ether oxygens (including phenoxy) is 2. The van der Waals surface area contributed by atoms with Gasteiger partial charge in [-0.15, -0.1) is 6.58 Å². The molecule has 2 atom stereocenters. The smallest absolute Gasteiger partial charge is 0.119 e. The standard InChI is InChI=1S/C15H23NO2/c1-5-9-18-12(2)11-16-13(3)14-7-6-8-15(10-14)17-4/h5-8,10,12-13,16H,1,9,11H2,2-4H3. The SMILES string of the molecule is C=CCOC(C)CNC(C)c1cccc(OC)c1. The van der Waals surface area contributed by atoms with Gasteiger partial charge in [0, 0.05) is 12.6 Å². The largest absolute Gasteiger partial charge is 0.497 e. The Kier molecular flexibility index (Phi) is 6.47. The quantitative estimate of drug-likeness (QED) is 0.719. The van der Waals surface area contributed by atoms with Crippen LogP contribution in [0.25, 0.3) is 0 Å². The number of rotatable bonds is 8. The van der Waals surface area contributed by atoms with E-state index in [0.29, 0.717) is 6.61 Å². The topological polar surface area (TPSA) is 30.5 Å². The molecule has 0 aliphatic rings. The molecule has 3 heteroatoms. The molecule has 1 aromatic carbocycles. The molecule has 0 radical (unpaired) electrons. The fourth-order valence-corrected chi connectivity index (χ4v) is 1.66. The monoisotopic (exact) mass is 249 g/mol. The van der Waals surface area contributed by atoms with Crippen molar-refractivity contribution < 1.29 is 9.47 Å². The predicted octanol–water partition coefficient (Wildman–Crippen LogP) is 2.94. The van der Waals surface area contributed by atoms with Gasteiger partial charge in [0.1, 0.15) is 5.75 Å². The molecule has 0 aromatic heterocycles. The molecule has 0 aliphatic heterocycles. The fraction of sp³-hybridized carbons (Fsp3) is 0.467. The summed E-state index contributed by atoms with van der Waals surface area (Å²) in [5, 5.41) is 3.44. The molecule has 0 heterocycles. The van der Waals surface area contributed by atoms with Gasteiger partial charge in [-0.1, -0.05) is 18.2 Å². The normalized spacial score (nSPS) is 13.9. The molecular formula is C15H23NO2. The molecule has 100 valence electrons. The van der Waals surface area contributed by atoms with Crippen molar-refractivity contribution in [3.05, 3.63) is 42.5 Å². The molecule has 0 saturated carbocycles. The Morgan fingerprint density at radius 3 is 2.83 bits per heavy atom. The summed E-state index contributed by atoms with van der Waals surface area (Å²) in [5.74, 6) is 0.886. The summed E-state index contributed by atoms with van der Waals surface area (Å²) >= 11 is 0. The second-order valence-electron chi connectivity index (χ2n) is 4.34. The molecule has 1 rings (SSSR count). The van der Waals surface area contributed by atoms with E-state index < -0.39 is 0 Å². The summed E-state index contributed by atoms with van der Waals surface area (Å²) in [4.78, 5) is 0. The number of hydrogen-bond donors (Lipinski definition) is 1. The van der Waals surface area contributed by atoms with E-state index in [4.69, 9.17) is 9.47 Å². The van der Waals surface area contributed by atoms with Crippen LogP contribution in [-0.4, -0.2) is 26.4 Å². The van der Waals surface area contributed by atoms with Crippen LogP contribution >= 0.6 is 0 Å². The third-order valence-corrected chi connectivity index (χ3v) is 2.80. The fourth-order valence-electron chi connectivity index (χ4n) is 1.66. The highest BCUT2D eigenvalue weighted by Crippen LogP contribution is 2.18. The van der Waals surface area contributed by atoms with Gasteiger partial charge in [0.05, 0.1) is 19.8 Å². The molecule has 1 N–H and O–H groups in total. The summed E-state index contributed by atoms with van der Waals surface area (Å²) < 4.78 is 10.7. The molecule has 1 aromatic rings. The van der Waals surface area contributed by atoms with E-state index in [1.54, 1.807) is 13.2 Å². The number of nitrogens with one attached hydrogen (secondary N) is 1. The Morgan fingerprint density at radius 1 is 1.39 bits per heavy atom. The van der Waals surface area contributed by atoms with Crippen LogP contribution in [0.3, 0.4) is 0 Å². The molecular weight excluding hydrogens is 226 g/mol. The summed E-state index contributed by atoms with van der Waals surface area (Å²) in [5.41, 5.74) is 1.21. The zero-order valence-electron chi connectivity index (χ0n) is 11.5. The number of hydrogen-bond acceptors (Lipinski definition) is 3. The van der Waals surface area contributed by atoms with Crippen LogP contribution in [0.15, 0.2) is 36.9 Å². The van der Waals surface area contributed by atoms with Crippen LogP contribution < -0.4 is 10.1 Å². The second-order valence-corrected chi connectivity index (χ2v) is 4.34. The van der Waals surface area contributed by atoms with E-state index in [2.05, 4.69) is 31.8 Å². The molecule has 18 heavy (non-hydrogen) atoms. The maximum absolute atomic E-state index is 5.52. The van der Waals surface area contributed by atoms with Crippen LogP contribution in [0.4, 0.5) is 0 Å². The first-order chi connectivity index (χ1) is 8.67. The van der Waals surface area contributed by atoms with Gasteiger partial charge in [-0.3, -0.25) is 0 Å². The van der Waals surface area contributed by atoms with Crippen LogP contribution in [0.2, 0.25) is 0 Å². The maximum Gasteiger partial charge on any atom is 0.119 e. The van der Waals surface area contributed by atoms with E-state index in [1.807, 2.05) is 18.2 Å². The summed E-state index contributed by atoms with van der Waals surface area (Å²) in [6, 6.07) is 8.37. The molecule has 0 aliphatic carbocycles. The van der Waals surface area contributed by atoms with Crippen LogP contribution in [0, 0.1) is 0 Å². The predicted molar refractivity (Wildman–Crippen MR) is 75.0 cm³/mol. The van der Waals surface area contributed by atoms with Gasteiger partial charge >= 0.3 is 0 Å². The van der Waals surface area contributed by atoms with Crippen LogP contribution in [0.5, 0.6) is 5.75 Å². The highest BCUT2D eigenvalue weighted by Gasteiger charge is 2.08. The van der Waals surface area contributed by atoms with E-state index in [1.165, 1.54) is 5.56 Å². The van der Waals surface area contributed by atoms with Crippen LogP contribution in [0.1, 0.15) is 25.5 Å². The van der Waals surface area contributed by atoms with E-state index in [9.17, 15) is 0 Å². The number of methoxy groups -OCH3 is 1. The van der Waals surface area contributed by atoms with Crippen molar-refractivity contribution in [2.75, 3.05) is 20.3 Å². The minimum absolute atomic E-state index is 0.177. The van der Waals surface area contributed by atoms with E-state index >= 15 is 0 Å². The summed E-state index contributed by atoms with van der Waals surface area (Å²) in [7, 11) is 1.68. The second kappa shape index (κ2) is 7.90. The van der Waals surface area contributed by atoms with Gasteiger partial charge in [0.15, 0.2) is 0 Å². The van der Waals surface area contributed by atoms with Crippen molar-refractivity contribution in [3.8, 4) is 5.75 Å². The molecule has 0 saturated heterocycles. The first-order valence-electron chi connectivity index (χ1n) is 6.27. The van der Waals surface area contributed by atoms with Crippen LogP contribution in [-0.2, 0) is 4.74 Å². The van der Waals surface area contributed by atoms with Gasteiger partial charge < -0.3 is 14.8 Å². The van der Waals surface area contributed by atoms with Gasteiger partial charge in [-0.05, 0) is 31.5 Å². The molecule has 2 unspecified atom stereocenters. The zero-order chi connectivity index (χ0) is 13.4. The number of benzene rings is 1. The first kappa shape index (κ1) is 14.7. The Morgan fingerprint density at radius 2 is 2.17 bits per heavy atom. The van der Waals surface area contributed by atoms with Crippen molar-refractivity contribution in [1.82, 2.24) is 5.32 Å². The summed E-state index contributed by atoms with van der Waals surface area (Å²) in [6.45, 7) is 9.22. The van der Waals surface area contributed by atoms with Crippen molar-refractivity contribution in [3.63, 3.8) is 0 Å². The average molecular weight is 249 g/mol. The summed E-state index contributed by atoms with van der Waals surface area (Å²) in [6.07, 6.45) is 1.94. The lowest BCUT2D eigenvalue weighted by Gasteiger charge is -2.18. The van der Waals surface area contributed by atoms with Crippen molar-refractivity contribution in [2.45, 2.75) is 26.0 Å². The first-order valence-corrected chi connectivity index (χ1v) is 6.27.